The fraction of sp³-hybridized carbons (Fsp3) is 0. The summed E-state index contributed by atoms with van der Waals surface area (Å²) in [7, 11) is 0. The van der Waals surface area contributed by atoms with Gasteiger partial charge in [0.1, 0.15) is 12.0 Å². The number of amidine groups is 1. The van der Waals surface area contributed by atoms with Crippen LogP contribution >= 0.6 is 23.1 Å². The van der Waals surface area contributed by atoms with Gasteiger partial charge in [0.05, 0.1) is 20.8 Å². The van der Waals surface area contributed by atoms with E-state index in [1.165, 1.54) is 6.08 Å². The summed E-state index contributed by atoms with van der Waals surface area (Å²) < 4.78 is 4.97. The zero-order valence-corrected chi connectivity index (χ0v) is 13.0. The molecule has 0 aliphatic carbocycles. The molecule has 0 bridgehead atoms. The molecule has 24 heavy (non-hydrogen) atoms. The average molecular weight is 367 g/mol. The molecule has 1 saturated heterocycles. The van der Waals surface area contributed by atoms with Crippen LogP contribution < -0.4 is 4.90 Å². The molecule has 2 aromatic heterocycles. The highest BCUT2D eigenvalue weighted by Crippen LogP contribution is 2.38. The van der Waals surface area contributed by atoms with Gasteiger partial charge in [-0.15, -0.1) is 0 Å². The van der Waals surface area contributed by atoms with Gasteiger partial charge in [0.2, 0.25) is 5.13 Å². The molecule has 3 heterocycles. The van der Waals surface area contributed by atoms with Crippen molar-refractivity contribution >= 4 is 56.1 Å². The number of anilines is 1. The van der Waals surface area contributed by atoms with Gasteiger partial charge in [-0.2, -0.15) is 0 Å². The lowest BCUT2D eigenvalue weighted by molar-refractivity contribution is -0.385. The first-order valence-electron chi connectivity index (χ1n) is 6.02. The molecular formula is C11H5N5O6S2. The van der Waals surface area contributed by atoms with E-state index in [4.69, 9.17) is 9.83 Å². The zero-order chi connectivity index (χ0) is 17.4. The van der Waals surface area contributed by atoms with Gasteiger partial charge >= 0.3 is 10.7 Å². The van der Waals surface area contributed by atoms with Gasteiger partial charge in [0.15, 0.2) is 11.4 Å². The van der Waals surface area contributed by atoms with Crippen LogP contribution in [-0.4, -0.2) is 25.9 Å². The summed E-state index contributed by atoms with van der Waals surface area (Å²) in [6.07, 6.45) is 3.20. The summed E-state index contributed by atoms with van der Waals surface area (Å²) in [6.45, 7) is 0. The van der Waals surface area contributed by atoms with Crippen LogP contribution in [0.3, 0.4) is 0 Å². The molecule has 0 aromatic carbocycles. The number of hydrogen-bond acceptors (Lipinski definition) is 10. The topological polar surface area (TPSA) is 156 Å². The third-order valence-corrected chi connectivity index (χ3v) is 4.59. The number of nitrogens with one attached hydrogen (secondary N) is 1. The van der Waals surface area contributed by atoms with Crippen molar-refractivity contribution in [3.8, 4) is 0 Å². The predicted octanol–water partition coefficient (Wildman–Crippen LogP) is 2.61. The molecule has 122 valence electrons. The summed E-state index contributed by atoms with van der Waals surface area (Å²) in [5.74, 6) is -0.536. The smallest absolute Gasteiger partial charge is 0.345 e. The number of furan rings is 1. The number of nitro groups is 2. The van der Waals surface area contributed by atoms with Crippen molar-refractivity contribution in [1.82, 2.24) is 4.98 Å². The number of aromatic nitrogens is 1. The number of carbonyl (C=O) groups is 1. The molecule has 3 rings (SSSR count). The van der Waals surface area contributed by atoms with Gasteiger partial charge < -0.3 is 4.42 Å². The Bertz CT molecular complexity index is 916. The van der Waals surface area contributed by atoms with Crippen molar-refractivity contribution in [3.05, 3.63) is 49.4 Å². The van der Waals surface area contributed by atoms with Gasteiger partial charge in [-0.3, -0.25) is 30.4 Å². The fourth-order valence-electron chi connectivity index (χ4n) is 1.75. The van der Waals surface area contributed by atoms with E-state index in [-0.39, 0.29) is 31.7 Å². The first kappa shape index (κ1) is 15.8. The van der Waals surface area contributed by atoms with Crippen LogP contribution in [0.1, 0.15) is 5.76 Å². The largest absolute Gasteiger partial charge is 0.458 e. The number of amides is 1. The molecule has 1 aliphatic heterocycles. The summed E-state index contributed by atoms with van der Waals surface area (Å²) in [5.41, 5.74) is -0.264. The number of hydrogen-bond donors (Lipinski definition) is 1. The highest BCUT2D eigenvalue weighted by atomic mass is 32.2. The average Bonchev–Trinajstić information content (AvgIpc) is 3.20. The lowest BCUT2D eigenvalue weighted by Gasteiger charge is -2.08. The van der Waals surface area contributed by atoms with Crippen molar-refractivity contribution in [3.63, 3.8) is 0 Å². The molecule has 0 atom stereocenters. The molecular weight excluding hydrogens is 362 g/mol. The Balaban J connectivity index is 1.88. The lowest BCUT2D eigenvalue weighted by atomic mass is 10.3. The summed E-state index contributed by atoms with van der Waals surface area (Å²) in [5, 5.41) is 28.7. The molecule has 11 nitrogen and oxygen atoms in total. The van der Waals surface area contributed by atoms with Gasteiger partial charge in [0, 0.05) is 6.08 Å². The highest BCUT2D eigenvalue weighted by Gasteiger charge is 2.36. The SMILES string of the molecule is N=C1S/C(=C\c2cc([N+](=O)[O-])co2)C(=O)N1c1ncc([N+](=O)[O-])s1. The van der Waals surface area contributed by atoms with Crippen LogP contribution in [-0.2, 0) is 4.79 Å². The van der Waals surface area contributed by atoms with Crippen LogP contribution in [0.5, 0.6) is 0 Å². The Kier molecular flexibility index (Phi) is 3.86. The Labute approximate surface area is 140 Å². The molecule has 1 N–H and O–H groups in total. The summed E-state index contributed by atoms with van der Waals surface area (Å²) in [6, 6.07) is 1.14. The number of thioether (sulfide) groups is 1. The second kappa shape index (κ2) is 5.86. The van der Waals surface area contributed by atoms with Crippen molar-refractivity contribution in [1.29, 1.82) is 5.41 Å². The van der Waals surface area contributed by atoms with E-state index in [0.717, 1.165) is 35.2 Å². The van der Waals surface area contributed by atoms with E-state index in [1.54, 1.807) is 0 Å². The molecule has 0 unspecified atom stereocenters. The normalized spacial score (nSPS) is 16.2. The van der Waals surface area contributed by atoms with Crippen molar-refractivity contribution in [2.24, 2.45) is 0 Å². The van der Waals surface area contributed by atoms with Gasteiger partial charge in [-0.05, 0) is 23.1 Å². The predicted molar refractivity (Wildman–Crippen MR) is 84.9 cm³/mol. The minimum absolute atomic E-state index is 0.00183. The molecule has 13 heteroatoms. The molecule has 0 saturated carbocycles. The van der Waals surface area contributed by atoms with Crippen LogP contribution in [0.4, 0.5) is 15.8 Å². The molecule has 1 fully saturated rings. The summed E-state index contributed by atoms with van der Waals surface area (Å²) in [4.78, 5) is 37.2. The van der Waals surface area contributed by atoms with E-state index in [0.29, 0.717) is 11.3 Å². The van der Waals surface area contributed by atoms with E-state index >= 15 is 0 Å². The highest BCUT2D eigenvalue weighted by molar-refractivity contribution is 8.19. The third kappa shape index (κ3) is 2.77. The lowest BCUT2D eigenvalue weighted by Crippen LogP contribution is -2.27. The number of thiazole rings is 1. The van der Waals surface area contributed by atoms with Crippen LogP contribution in [0, 0.1) is 25.6 Å². The molecule has 0 spiro atoms. The van der Waals surface area contributed by atoms with Gasteiger partial charge in [-0.25, -0.2) is 9.88 Å². The molecule has 1 amide bonds. The second-order valence-corrected chi connectivity index (χ2v) is 6.28. The number of rotatable bonds is 4. The van der Waals surface area contributed by atoms with Crippen molar-refractivity contribution in [2.75, 3.05) is 4.90 Å². The van der Waals surface area contributed by atoms with Gasteiger partial charge in [-0.1, -0.05) is 0 Å². The Hall–Kier alpha value is -3.06. The second-order valence-electron chi connectivity index (χ2n) is 4.26. The maximum Gasteiger partial charge on any atom is 0.345 e. The van der Waals surface area contributed by atoms with Crippen molar-refractivity contribution < 1.29 is 19.1 Å². The fourth-order valence-corrected chi connectivity index (χ4v) is 3.37. The Morgan fingerprint density at radius 2 is 2.08 bits per heavy atom. The van der Waals surface area contributed by atoms with E-state index in [9.17, 15) is 25.0 Å². The van der Waals surface area contributed by atoms with Crippen molar-refractivity contribution in [2.45, 2.75) is 0 Å². The zero-order valence-electron chi connectivity index (χ0n) is 11.4. The Morgan fingerprint density at radius 3 is 2.67 bits per heavy atom. The molecule has 2 aromatic rings. The minimum atomic E-state index is -0.642. The minimum Gasteiger partial charge on any atom is -0.458 e. The van der Waals surface area contributed by atoms with E-state index < -0.39 is 15.8 Å². The number of nitrogens with zero attached hydrogens (tertiary/aromatic N) is 4. The first-order chi connectivity index (χ1) is 11.4. The number of carbonyl (C=O) groups excluding carboxylic acids is 1. The Morgan fingerprint density at radius 1 is 1.33 bits per heavy atom. The first-order valence-corrected chi connectivity index (χ1v) is 7.66. The maximum absolute atomic E-state index is 12.4. The van der Waals surface area contributed by atoms with E-state index in [2.05, 4.69) is 4.98 Å². The maximum atomic E-state index is 12.4. The molecule has 1 aliphatic rings. The van der Waals surface area contributed by atoms with Crippen LogP contribution in [0.2, 0.25) is 0 Å². The molecule has 0 radical (unpaired) electrons. The monoisotopic (exact) mass is 367 g/mol. The quantitative estimate of drug-likeness (QED) is 0.491. The summed E-state index contributed by atoms with van der Waals surface area (Å²) >= 11 is 1.46. The van der Waals surface area contributed by atoms with Gasteiger partial charge in [0.25, 0.3) is 5.91 Å². The van der Waals surface area contributed by atoms with E-state index in [1.807, 2.05) is 0 Å². The standard InChI is InChI=1S/C11H5N5O6S2/c12-10-14(11-13-3-8(24-11)16(20)21)9(17)7(23-10)2-6-1-5(4-22-6)15(18)19/h1-4,12H/b7-2-,12-10?. The van der Waals surface area contributed by atoms with Crippen LogP contribution in [0.15, 0.2) is 27.8 Å². The third-order valence-electron chi connectivity index (χ3n) is 2.77. The van der Waals surface area contributed by atoms with Crippen LogP contribution in [0.25, 0.3) is 6.08 Å².